The number of hydrogen-bond donors (Lipinski definition) is 0. The summed E-state index contributed by atoms with van der Waals surface area (Å²) in [5.41, 5.74) is 2.41. The molecule has 0 radical (unpaired) electrons. The Morgan fingerprint density at radius 3 is 2.27 bits per heavy atom. The first-order valence-corrected chi connectivity index (χ1v) is 7.85. The van der Waals surface area contributed by atoms with Crippen molar-refractivity contribution in [1.29, 1.82) is 0 Å². The molecule has 5 heteroatoms. The van der Waals surface area contributed by atoms with Crippen LogP contribution in [0.2, 0.25) is 0 Å². The largest absolute Gasteiger partial charge is 0.372 e. The van der Waals surface area contributed by atoms with Gasteiger partial charge in [-0.25, -0.2) is 0 Å². The number of ether oxygens (including phenoxy) is 1. The summed E-state index contributed by atoms with van der Waals surface area (Å²) in [7, 11) is 0. The number of fused-ring (bicyclic) bond motifs is 1. The molecule has 2 amide bonds. The third-order valence-electron chi connectivity index (χ3n) is 4.31. The van der Waals surface area contributed by atoms with Gasteiger partial charge in [0.25, 0.3) is 0 Å². The van der Waals surface area contributed by atoms with E-state index < -0.39 is 11.8 Å². The lowest BCUT2D eigenvalue weighted by molar-refractivity contribution is -0.158. The van der Waals surface area contributed by atoms with Crippen molar-refractivity contribution in [1.82, 2.24) is 9.80 Å². The van der Waals surface area contributed by atoms with Crippen LogP contribution in [0.5, 0.6) is 0 Å². The Balaban J connectivity index is 1.68. The lowest BCUT2D eigenvalue weighted by Crippen LogP contribution is -2.53. The molecule has 2 aliphatic heterocycles. The Morgan fingerprint density at radius 1 is 1.00 bits per heavy atom. The van der Waals surface area contributed by atoms with E-state index in [1.54, 1.807) is 9.80 Å². The van der Waals surface area contributed by atoms with Gasteiger partial charge in [0.15, 0.2) is 0 Å². The summed E-state index contributed by atoms with van der Waals surface area (Å²) in [6, 6.07) is 8.10. The predicted octanol–water partition coefficient (Wildman–Crippen LogP) is 1.21. The number of hydrogen-bond acceptors (Lipinski definition) is 3. The topological polar surface area (TPSA) is 49.9 Å². The molecule has 2 aliphatic rings. The first-order valence-electron chi connectivity index (χ1n) is 7.85. The van der Waals surface area contributed by atoms with Crippen molar-refractivity contribution in [2.45, 2.75) is 39.0 Å². The van der Waals surface area contributed by atoms with E-state index in [1.807, 2.05) is 32.0 Å². The normalized spacial score (nSPS) is 24.8. The number of morpholine rings is 1. The first-order chi connectivity index (χ1) is 10.5. The molecule has 0 bridgehead atoms. The van der Waals surface area contributed by atoms with Gasteiger partial charge in [0.1, 0.15) is 0 Å². The van der Waals surface area contributed by atoms with Crippen molar-refractivity contribution in [3.05, 3.63) is 35.4 Å². The maximum absolute atomic E-state index is 12.5. The second-order valence-electron chi connectivity index (χ2n) is 6.21. The Kier molecular flexibility index (Phi) is 4.16. The average molecular weight is 302 g/mol. The quantitative estimate of drug-likeness (QED) is 0.677. The molecule has 0 aromatic heterocycles. The third kappa shape index (κ3) is 2.99. The van der Waals surface area contributed by atoms with E-state index in [1.165, 1.54) is 5.56 Å². The van der Waals surface area contributed by atoms with E-state index >= 15 is 0 Å². The van der Waals surface area contributed by atoms with Gasteiger partial charge in [0.05, 0.1) is 12.2 Å². The van der Waals surface area contributed by atoms with Crippen LogP contribution >= 0.6 is 0 Å². The summed E-state index contributed by atoms with van der Waals surface area (Å²) in [6.07, 6.45) is 0.760. The second kappa shape index (κ2) is 6.08. The molecule has 118 valence electrons. The molecule has 5 nitrogen and oxygen atoms in total. The maximum Gasteiger partial charge on any atom is 0.312 e. The summed E-state index contributed by atoms with van der Waals surface area (Å²) < 4.78 is 5.62. The van der Waals surface area contributed by atoms with Crippen LogP contribution in [0.15, 0.2) is 24.3 Å². The number of nitrogens with zero attached hydrogens (tertiary/aromatic N) is 2. The van der Waals surface area contributed by atoms with E-state index in [-0.39, 0.29) is 12.2 Å². The molecule has 2 atom stereocenters. The molecule has 1 aromatic rings. The summed E-state index contributed by atoms with van der Waals surface area (Å²) in [4.78, 5) is 28.3. The van der Waals surface area contributed by atoms with E-state index in [0.717, 1.165) is 12.0 Å². The minimum absolute atomic E-state index is 0.0254. The monoisotopic (exact) mass is 302 g/mol. The van der Waals surface area contributed by atoms with Crippen molar-refractivity contribution in [2.24, 2.45) is 0 Å². The zero-order valence-corrected chi connectivity index (χ0v) is 13.1. The average Bonchev–Trinajstić information content (AvgIpc) is 2.52. The summed E-state index contributed by atoms with van der Waals surface area (Å²) in [5.74, 6) is -0.794. The van der Waals surface area contributed by atoms with Crippen LogP contribution in [0, 0.1) is 0 Å². The maximum atomic E-state index is 12.5. The molecule has 2 heterocycles. The highest BCUT2D eigenvalue weighted by atomic mass is 16.5. The van der Waals surface area contributed by atoms with Crippen molar-refractivity contribution >= 4 is 11.8 Å². The van der Waals surface area contributed by atoms with Crippen molar-refractivity contribution in [3.63, 3.8) is 0 Å². The molecule has 2 unspecified atom stereocenters. The van der Waals surface area contributed by atoms with Crippen molar-refractivity contribution < 1.29 is 14.3 Å². The Morgan fingerprint density at radius 2 is 1.59 bits per heavy atom. The van der Waals surface area contributed by atoms with Crippen LogP contribution in [-0.2, 0) is 27.3 Å². The molecule has 0 spiro atoms. The fraction of sp³-hybridized carbons (Fsp3) is 0.529. The number of amides is 2. The highest BCUT2D eigenvalue weighted by molar-refractivity contribution is 6.34. The molecule has 1 saturated heterocycles. The van der Waals surface area contributed by atoms with Crippen molar-refractivity contribution in [3.8, 4) is 0 Å². The van der Waals surface area contributed by atoms with Crippen molar-refractivity contribution in [2.75, 3.05) is 19.6 Å². The molecular weight excluding hydrogens is 280 g/mol. The first kappa shape index (κ1) is 15.0. The SMILES string of the molecule is CC1CN(C(=O)C(=O)N2CCc3ccccc3C2)CC(C)O1. The minimum Gasteiger partial charge on any atom is -0.372 e. The molecule has 22 heavy (non-hydrogen) atoms. The fourth-order valence-corrected chi connectivity index (χ4v) is 3.28. The van der Waals surface area contributed by atoms with Gasteiger partial charge in [-0.05, 0) is 31.4 Å². The van der Waals surface area contributed by atoms with Crippen LogP contribution < -0.4 is 0 Å². The van der Waals surface area contributed by atoms with Crippen LogP contribution in [0.1, 0.15) is 25.0 Å². The van der Waals surface area contributed by atoms with Gasteiger partial charge < -0.3 is 14.5 Å². The van der Waals surface area contributed by atoms with Crippen LogP contribution in [-0.4, -0.2) is 53.5 Å². The third-order valence-corrected chi connectivity index (χ3v) is 4.31. The fourth-order valence-electron chi connectivity index (χ4n) is 3.28. The summed E-state index contributed by atoms with van der Waals surface area (Å²) in [6.45, 7) is 5.96. The smallest absolute Gasteiger partial charge is 0.312 e. The van der Waals surface area contributed by atoms with Crippen LogP contribution in [0.25, 0.3) is 0 Å². The van der Waals surface area contributed by atoms with Crippen LogP contribution in [0.4, 0.5) is 0 Å². The van der Waals surface area contributed by atoms with E-state index in [0.29, 0.717) is 26.2 Å². The Hall–Kier alpha value is -1.88. The Bertz CT molecular complexity index is 577. The molecule has 1 fully saturated rings. The van der Waals surface area contributed by atoms with E-state index in [9.17, 15) is 9.59 Å². The standard InChI is InChI=1S/C17H22N2O3/c1-12-9-19(10-13(2)22-12)17(21)16(20)18-8-7-14-5-3-4-6-15(14)11-18/h3-6,12-13H,7-11H2,1-2H3. The molecule has 0 aliphatic carbocycles. The number of rotatable bonds is 0. The second-order valence-corrected chi connectivity index (χ2v) is 6.21. The predicted molar refractivity (Wildman–Crippen MR) is 82.2 cm³/mol. The number of benzene rings is 1. The number of carbonyl (C=O) groups excluding carboxylic acids is 2. The lowest BCUT2D eigenvalue weighted by atomic mass is 10.00. The zero-order chi connectivity index (χ0) is 15.7. The van der Waals surface area contributed by atoms with Gasteiger partial charge in [-0.2, -0.15) is 0 Å². The summed E-state index contributed by atoms with van der Waals surface area (Å²) in [5, 5.41) is 0. The Labute approximate surface area is 130 Å². The van der Waals surface area contributed by atoms with Gasteiger partial charge in [0, 0.05) is 26.2 Å². The minimum atomic E-state index is -0.401. The molecular formula is C17H22N2O3. The zero-order valence-electron chi connectivity index (χ0n) is 13.1. The van der Waals surface area contributed by atoms with E-state index in [2.05, 4.69) is 6.07 Å². The number of carbonyl (C=O) groups is 2. The molecule has 0 saturated carbocycles. The van der Waals surface area contributed by atoms with Gasteiger partial charge in [-0.3, -0.25) is 9.59 Å². The molecule has 3 rings (SSSR count). The van der Waals surface area contributed by atoms with E-state index in [4.69, 9.17) is 4.74 Å². The van der Waals surface area contributed by atoms with Gasteiger partial charge in [0.2, 0.25) is 0 Å². The highest BCUT2D eigenvalue weighted by Gasteiger charge is 2.33. The van der Waals surface area contributed by atoms with Gasteiger partial charge in [-0.15, -0.1) is 0 Å². The lowest BCUT2D eigenvalue weighted by Gasteiger charge is -2.36. The summed E-state index contributed by atoms with van der Waals surface area (Å²) >= 11 is 0. The van der Waals surface area contributed by atoms with Gasteiger partial charge in [-0.1, -0.05) is 24.3 Å². The van der Waals surface area contributed by atoms with Gasteiger partial charge >= 0.3 is 11.8 Å². The highest BCUT2D eigenvalue weighted by Crippen LogP contribution is 2.19. The van der Waals surface area contributed by atoms with Crippen LogP contribution in [0.3, 0.4) is 0 Å². The molecule has 0 N–H and O–H groups in total. The molecule has 1 aromatic carbocycles.